The number of ether oxygens (including phenoxy) is 1. The van der Waals surface area contributed by atoms with Crippen LogP contribution >= 0.6 is 11.6 Å². The number of methoxy groups -OCH3 is 1. The van der Waals surface area contributed by atoms with Gasteiger partial charge in [0.15, 0.2) is 11.0 Å². The molecule has 0 fully saturated rings. The third-order valence-electron chi connectivity index (χ3n) is 5.98. The van der Waals surface area contributed by atoms with Gasteiger partial charge in [-0.1, -0.05) is 17.7 Å². The fraction of sp³-hybridized carbons (Fsp3) is 0.0714. The average molecular weight is 552 g/mol. The van der Waals surface area contributed by atoms with E-state index in [1.54, 1.807) is 48.5 Å². The minimum absolute atomic E-state index is 0.220. The van der Waals surface area contributed by atoms with Gasteiger partial charge in [-0.05, 0) is 72.6 Å². The van der Waals surface area contributed by atoms with E-state index in [-0.39, 0.29) is 11.5 Å². The van der Waals surface area contributed by atoms with E-state index in [1.807, 2.05) is 6.92 Å². The average Bonchev–Trinajstić information content (AvgIpc) is 2.91. The topological polar surface area (TPSA) is 73.2 Å². The number of pyridine rings is 2. The minimum atomic E-state index is -1.71. The Labute approximate surface area is 224 Å². The Bertz CT molecular complexity index is 1780. The summed E-state index contributed by atoms with van der Waals surface area (Å²) >= 11 is 6.13. The van der Waals surface area contributed by atoms with E-state index in [9.17, 15) is 13.4 Å². The van der Waals surface area contributed by atoms with Crippen LogP contribution in [0.25, 0.3) is 27.7 Å². The van der Waals surface area contributed by atoms with E-state index >= 15 is 4.39 Å². The number of hydrogen-bond donors (Lipinski definition) is 1. The van der Waals surface area contributed by atoms with Crippen LogP contribution in [0.2, 0.25) is 5.02 Å². The number of hydrogen-bond acceptors (Lipinski definition) is 4. The van der Waals surface area contributed by atoms with Crippen LogP contribution in [0.1, 0.15) is 5.56 Å². The molecule has 0 saturated heterocycles. The summed E-state index contributed by atoms with van der Waals surface area (Å²) in [7, 11) is -0.263. The van der Waals surface area contributed by atoms with Crippen molar-refractivity contribution in [3.05, 3.63) is 112 Å². The molecule has 2 aromatic heterocycles. The van der Waals surface area contributed by atoms with E-state index in [0.717, 1.165) is 11.8 Å². The summed E-state index contributed by atoms with van der Waals surface area (Å²) < 4.78 is 51.0. The smallest absolute Gasteiger partial charge is 0.255 e. The maximum atomic E-state index is 15.4. The molecule has 0 aliphatic rings. The minimum Gasteiger partial charge on any atom is -0.495 e. The van der Waals surface area contributed by atoms with E-state index in [2.05, 4.69) is 9.71 Å². The normalized spacial score (nSPS) is 11.9. The Kier molecular flexibility index (Phi) is 6.96. The zero-order valence-electron chi connectivity index (χ0n) is 20.2. The predicted molar refractivity (Wildman–Crippen MR) is 145 cm³/mol. The van der Waals surface area contributed by atoms with Gasteiger partial charge in [0, 0.05) is 28.1 Å². The lowest BCUT2D eigenvalue weighted by molar-refractivity contribution is 0.412. The Hall–Kier alpha value is -4.08. The van der Waals surface area contributed by atoms with Crippen LogP contribution < -0.4 is 15.0 Å². The standard InChI is InChI=1S/C28H20ClF2N3O3S/c1-16-11-17(3-7-22(16)29)21-13-26(37-2)25(14-23(21)31)34-24-8-6-20(12-18(24)4-10-28(34)35)38(36)33-27-9-5-19(30)15-32-27/h3-15H,1-2H3,(H,32,33). The molecule has 0 aliphatic heterocycles. The van der Waals surface area contributed by atoms with Crippen LogP contribution in [0.4, 0.5) is 14.6 Å². The van der Waals surface area contributed by atoms with Crippen LogP contribution in [0, 0.1) is 18.6 Å². The van der Waals surface area contributed by atoms with Gasteiger partial charge in [-0.15, -0.1) is 0 Å². The van der Waals surface area contributed by atoms with Crippen LogP contribution in [-0.4, -0.2) is 20.9 Å². The molecule has 1 atom stereocenters. The van der Waals surface area contributed by atoms with Crippen LogP contribution in [0.5, 0.6) is 5.75 Å². The lowest BCUT2D eigenvalue weighted by Gasteiger charge is -2.17. The van der Waals surface area contributed by atoms with Crippen molar-refractivity contribution in [2.24, 2.45) is 0 Å². The summed E-state index contributed by atoms with van der Waals surface area (Å²) in [5.74, 6) is -0.514. The Morgan fingerprint density at radius 2 is 1.82 bits per heavy atom. The highest BCUT2D eigenvalue weighted by Gasteiger charge is 2.18. The summed E-state index contributed by atoms with van der Waals surface area (Å²) in [5.41, 5.74) is 2.01. The van der Waals surface area contributed by atoms with Crippen LogP contribution in [-0.2, 0) is 11.0 Å². The number of anilines is 1. The van der Waals surface area contributed by atoms with Crippen molar-refractivity contribution >= 4 is 39.3 Å². The monoisotopic (exact) mass is 551 g/mol. The third-order valence-corrected chi connectivity index (χ3v) is 7.48. The van der Waals surface area contributed by atoms with Crippen molar-refractivity contribution in [2.75, 3.05) is 11.8 Å². The number of nitrogens with one attached hydrogen (secondary N) is 1. The Morgan fingerprint density at radius 1 is 1.00 bits per heavy atom. The summed E-state index contributed by atoms with van der Waals surface area (Å²) in [6.07, 6.45) is 1.02. The largest absolute Gasteiger partial charge is 0.495 e. The van der Waals surface area contributed by atoms with E-state index in [4.69, 9.17) is 16.3 Å². The summed E-state index contributed by atoms with van der Waals surface area (Å²) in [4.78, 5) is 17.3. The zero-order valence-corrected chi connectivity index (χ0v) is 21.7. The maximum absolute atomic E-state index is 15.4. The number of rotatable bonds is 6. The van der Waals surface area contributed by atoms with Gasteiger partial charge in [-0.25, -0.2) is 18.0 Å². The van der Waals surface area contributed by atoms with Crippen molar-refractivity contribution in [3.8, 4) is 22.6 Å². The lowest BCUT2D eigenvalue weighted by Crippen LogP contribution is -2.18. The van der Waals surface area contributed by atoms with Crippen molar-refractivity contribution in [3.63, 3.8) is 0 Å². The second kappa shape index (κ2) is 10.4. The van der Waals surface area contributed by atoms with Crippen LogP contribution in [0.15, 0.2) is 88.7 Å². The van der Waals surface area contributed by atoms with Gasteiger partial charge >= 0.3 is 0 Å². The van der Waals surface area contributed by atoms with Crippen molar-refractivity contribution in [2.45, 2.75) is 11.8 Å². The first kappa shape index (κ1) is 25.6. The van der Waals surface area contributed by atoms with Crippen molar-refractivity contribution < 1.29 is 17.7 Å². The first-order chi connectivity index (χ1) is 18.2. The molecular weight excluding hydrogens is 532 g/mol. The number of aryl methyl sites for hydroxylation is 1. The molecule has 1 N–H and O–H groups in total. The molecule has 3 aromatic carbocycles. The lowest BCUT2D eigenvalue weighted by atomic mass is 10.0. The molecule has 5 rings (SSSR count). The quantitative estimate of drug-likeness (QED) is 0.264. The molecule has 2 heterocycles. The third kappa shape index (κ3) is 4.90. The first-order valence-electron chi connectivity index (χ1n) is 11.4. The second-order valence-corrected chi connectivity index (χ2v) is 10.0. The van der Waals surface area contributed by atoms with Gasteiger partial charge in [0.05, 0.1) is 29.4 Å². The van der Waals surface area contributed by atoms with Gasteiger partial charge in [0.1, 0.15) is 23.2 Å². The molecule has 0 bridgehead atoms. The van der Waals surface area contributed by atoms with E-state index in [1.165, 1.54) is 35.9 Å². The molecule has 10 heteroatoms. The van der Waals surface area contributed by atoms with Gasteiger partial charge in [0.25, 0.3) is 5.56 Å². The predicted octanol–water partition coefficient (Wildman–Crippen LogP) is 6.44. The fourth-order valence-corrected chi connectivity index (χ4v) is 5.06. The second-order valence-electron chi connectivity index (χ2n) is 8.43. The summed E-state index contributed by atoms with van der Waals surface area (Å²) in [6, 6.07) is 18.4. The summed E-state index contributed by atoms with van der Waals surface area (Å²) in [5, 5.41) is 1.16. The molecule has 6 nitrogen and oxygen atoms in total. The van der Waals surface area contributed by atoms with Gasteiger partial charge in [0.2, 0.25) is 0 Å². The number of benzene rings is 3. The zero-order chi connectivity index (χ0) is 27.0. The molecule has 1 unspecified atom stereocenters. The molecule has 38 heavy (non-hydrogen) atoms. The molecular formula is C28H20ClF2N3O3S. The Balaban J connectivity index is 1.58. The highest BCUT2D eigenvalue weighted by molar-refractivity contribution is 7.86. The molecule has 0 amide bonds. The summed E-state index contributed by atoms with van der Waals surface area (Å²) in [6.45, 7) is 1.83. The molecule has 0 aliphatic carbocycles. The first-order valence-corrected chi connectivity index (χ1v) is 12.9. The van der Waals surface area contributed by atoms with Crippen molar-refractivity contribution in [1.82, 2.24) is 9.55 Å². The SMILES string of the molecule is COc1cc(-c2ccc(Cl)c(C)c2)c(F)cc1-n1c(=O)ccc2cc(S(=O)Nc3ccc(F)cn3)ccc21. The Morgan fingerprint density at radius 3 is 2.53 bits per heavy atom. The number of halogens is 3. The number of fused-ring (bicyclic) bond motifs is 1. The van der Waals surface area contributed by atoms with Gasteiger partial charge < -0.3 is 4.74 Å². The molecule has 5 aromatic rings. The van der Waals surface area contributed by atoms with E-state index < -0.39 is 28.2 Å². The molecule has 0 saturated carbocycles. The fourth-order valence-electron chi connectivity index (χ4n) is 4.09. The van der Waals surface area contributed by atoms with E-state index in [0.29, 0.717) is 37.7 Å². The highest BCUT2D eigenvalue weighted by atomic mass is 35.5. The van der Waals surface area contributed by atoms with Gasteiger partial charge in [-0.3, -0.25) is 14.1 Å². The maximum Gasteiger partial charge on any atom is 0.255 e. The highest BCUT2D eigenvalue weighted by Crippen LogP contribution is 2.34. The van der Waals surface area contributed by atoms with Gasteiger partial charge in [-0.2, -0.15) is 0 Å². The number of aromatic nitrogens is 2. The van der Waals surface area contributed by atoms with Crippen molar-refractivity contribution in [1.29, 1.82) is 0 Å². The number of nitrogens with zero attached hydrogens (tertiary/aromatic N) is 2. The molecule has 0 radical (unpaired) electrons. The van der Waals surface area contributed by atoms with Crippen LogP contribution in [0.3, 0.4) is 0 Å². The molecule has 192 valence electrons. The molecule has 0 spiro atoms.